The third kappa shape index (κ3) is 3.56. The number of aromatic nitrogens is 1. The number of ether oxygens (including phenoxy) is 1. The predicted octanol–water partition coefficient (Wildman–Crippen LogP) is 6.86. The summed E-state index contributed by atoms with van der Waals surface area (Å²) in [4.78, 5) is 17.4. The molecule has 0 bridgehead atoms. The smallest absolute Gasteiger partial charge is 0.266 e. The molecule has 0 radical (unpaired) electrons. The lowest BCUT2D eigenvalue weighted by atomic mass is 9.79. The van der Waals surface area contributed by atoms with Crippen LogP contribution in [0.2, 0.25) is 0 Å². The SMILES string of the molecule is CCOC1(c2c(C(c3ccccc3)c3ccccc3)[nH]c3ccccc23)C(=O)Nc2cc(F)c(F)cc21. The first kappa shape index (κ1) is 23.1. The minimum absolute atomic E-state index is 0.173. The second-order valence-electron chi connectivity index (χ2n) is 9.09. The first-order chi connectivity index (χ1) is 18.0. The number of benzene rings is 4. The van der Waals surface area contributed by atoms with Gasteiger partial charge in [0.05, 0.1) is 5.69 Å². The quantitative estimate of drug-likeness (QED) is 0.271. The zero-order valence-corrected chi connectivity index (χ0v) is 20.1. The molecule has 1 amide bonds. The number of carbonyl (C=O) groups excluding carboxylic acids is 1. The monoisotopic (exact) mass is 494 g/mol. The third-order valence-electron chi connectivity index (χ3n) is 7.01. The maximum Gasteiger partial charge on any atom is 0.266 e. The first-order valence-electron chi connectivity index (χ1n) is 12.2. The molecule has 6 heteroatoms. The van der Waals surface area contributed by atoms with Crippen molar-refractivity contribution < 1.29 is 18.3 Å². The van der Waals surface area contributed by atoms with E-state index in [0.29, 0.717) is 5.56 Å². The highest BCUT2D eigenvalue weighted by Gasteiger charge is 2.53. The van der Waals surface area contributed by atoms with Gasteiger partial charge in [-0.3, -0.25) is 4.79 Å². The number of aromatic amines is 1. The second kappa shape index (κ2) is 8.98. The Bertz CT molecular complexity index is 1580. The van der Waals surface area contributed by atoms with Gasteiger partial charge in [-0.05, 0) is 30.2 Å². The topological polar surface area (TPSA) is 54.1 Å². The van der Waals surface area contributed by atoms with E-state index in [1.54, 1.807) is 6.92 Å². The van der Waals surface area contributed by atoms with E-state index in [-0.39, 0.29) is 23.8 Å². The van der Waals surface area contributed by atoms with Crippen LogP contribution in [0.1, 0.15) is 40.8 Å². The number of fused-ring (bicyclic) bond motifs is 2. The number of anilines is 1. The molecule has 0 saturated carbocycles. The Labute approximate surface area is 212 Å². The molecule has 0 spiro atoms. The Hall–Kier alpha value is -4.29. The molecule has 0 aliphatic carbocycles. The lowest BCUT2D eigenvalue weighted by Gasteiger charge is -2.31. The summed E-state index contributed by atoms with van der Waals surface area (Å²) in [6.45, 7) is 1.96. The van der Waals surface area contributed by atoms with Crippen LogP contribution in [0, 0.1) is 11.6 Å². The van der Waals surface area contributed by atoms with Gasteiger partial charge in [0.25, 0.3) is 5.91 Å². The fraction of sp³-hybridized carbons (Fsp3) is 0.129. The lowest BCUT2D eigenvalue weighted by molar-refractivity contribution is -0.135. The van der Waals surface area contributed by atoms with E-state index in [4.69, 9.17) is 4.74 Å². The van der Waals surface area contributed by atoms with Gasteiger partial charge in [-0.15, -0.1) is 0 Å². The van der Waals surface area contributed by atoms with Crippen molar-refractivity contribution >= 4 is 22.5 Å². The van der Waals surface area contributed by atoms with Gasteiger partial charge < -0.3 is 15.0 Å². The zero-order chi connectivity index (χ0) is 25.6. The van der Waals surface area contributed by atoms with E-state index >= 15 is 0 Å². The van der Waals surface area contributed by atoms with Crippen molar-refractivity contribution in [2.75, 3.05) is 11.9 Å². The van der Waals surface area contributed by atoms with Crippen LogP contribution in [0.15, 0.2) is 97.1 Å². The average Bonchev–Trinajstić information content (AvgIpc) is 3.41. The number of amides is 1. The number of H-pyrrole nitrogens is 1. The molecular formula is C31H24F2N2O2. The molecular weight excluding hydrogens is 470 g/mol. The van der Waals surface area contributed by atoms with Crippen molar-refractivity contribution in [3.05, 3.63) is 137 Å². The van der Waals surface area contributed by atoms with Crippen LogP contribution >= 0.6 is 0 Å². The molecule has 1 aromatic heterocycles. The van der Waals surface area contributed by atoms with Crippen LogP contribution in [-0.2, 0) is 15.1 Å². The highest BCUT2D eigenvalue weighted by atomic mass is 19.2. The van der Waals surface area contributed by atoms with Gasteiger partial charge in [-0.25, -0.2) is 8.78 Å². The van der Waals surface area contributed by atoms with Crippen molar-refractivity contribution in [2.45, 2.75) is 18.4 Å². The number of para-hydroxylation sites is 1. The molecule has 6 rings (SSSR count). The standard InChI is InChI=1S/C31H24F2N2O2/c1-2-37-31(22-17-23(32)24(33)18-26(22)35-30(31)36)28-21-15-9-10-16-25(21)34-29(28)27(19-11-5-3-6-12-19)20-13-7-4-8-14-20/h3-18,27,34H,2H2,1H3,(H,35,36). The van der Waals surface area contributed by atoms with Crippen LogP contribution in [0.4, 0.5) is 14.5 Å². The number of carbonyl (C=O) groups is 1. The van der Waals surface area contributed by atoms with Crippen LogP contribution in [0.3, 0.4) is 0 Å². The van der Waals surface area contributed by atoms with Crippen LogP contribution in [0.25, 0.3) is 10.9 Å². The molecule has 2 heterocycles. The lowest BCUT2D eigenvalue weighted by Crippen LogP contribution is -2.39. The summed E-state index contributed by atoms with van der Waals surface area (Å²) < 4.78 is 35.2. The van der Waals surface area contributed by atoms with Crippen molar-refractivity contribution in [1.82, 2.24) is 4.98 Å². The summed E-state index contributed by atoms with van der Waals surface area (Å²) in [6.07, 6.45) is 0. The summed E-state index contributed by atoms with van der Waals surface area (Å²) >= 11 is 0. The molecule has 2 N–H and O–H groups in total. The van der Waals surface area contributed by atoms with E-state index < -0.39 is 23.1 Å². The fourth-order valence-electron chi connectivity index (χ4n) is 5.53. The van der Waals surface area contributed by atoms with Gasteiger partial charge in [0.2, 0.25) is 5.60 Å². The van der Waals surface area contributed by atoms with Crippen LogP contribution in [-0.4, -0.2) is 17.5 Å². The molecule has 0 saturated heterocycles. The Balaban J connectivity index is 1.73. The number of hydrogen-bond donors (Lipinski definition) is 2. The van der Waals surface area contributed by atoms with Gasteiger partial charge in [-0.1, -0.05) is 78.9 Å². The maximum absolute atomic E-state index is 14.7. The summed E-state index contributed by atoms with van der Waals surface area (Å²) in [5, 5.41) is 3.53. The zero-order valence-electron chi connectivity index (χ0n) is 20.1. The van der Waals surface area contributed by atoms with Crippen LogP contribution < -0.4 is 5.32 Å². The number of nitrogens with one attached hydrogen (secondary N) is 2. The maximum atomic E-state index is 14.7. The molecule has 1 unspecified atom stereocenters. The summed E-state index contributed by atoms with van der Waals surface area (Å²) in [6, 6.07) is 29.7. The number of hydrogen-bond acceptors (Lipinski definition) is 2. The molecule has 184 valence electrons. The summed E-state index contributed by atoms with van der Waals surface area (Å²) in [5.74, 6) is -2.84. The molecule has 1 atom stereocenters. The van der Waals surface area contributed by atoms with E-state index in [1.807, 2.05) is 84.9 Å². The summed E-state index contributed by atoms with van der Waals surface area (Å²) in [5.41, 5.74) is 2.94. The van der Waals surface area contributed by atoms with E-state index in [1.165, 1.54) is 0 Å². The molecule has 4 aromatic carbocycles. The third-order valence-corrected chi connectivity index (χ3v) is 7.01. The molecule has 1 aliphatic heterocycles. The van der Waals surface area contributed by atoms with E-state index in [2.05, 4.69) is 10.3 Å². The minimum atomic E-state index is -1.69. The highest BCUT2D eigenvalue weighted by Crippen LogP contribution is 2.50. The van der Waals surface area contributed by atoms with Crippen molar-refractivity contribution in [1.29, 1.82) is 0 Å². The van der Waals surface area contributed by atoms with Gasteiger partial charge in [0, 0.05) is 46.3 Å². The van der Waals surface area contributed by atoms with E-state index in [0.717, 1.165) is 39.9 Å². The molecule has 0 fully saturated rings. The predicted molar refractivity (Wildman–Crippen MR) is 140 cm³/mol. The van der Waals surface area contributed by atoms with Gasteiger partial charge in [-0.2, -0.15) is 0 Å². The Morgan fingerprint density at radius 3 is 2.08 bits per heavy atom. The Morgan fingerprint density at radius 2 is 1.43 bits per heavy atom. The van der Waals surface area contributed by atoms with E-state index in [9.17, 15) is 13.6 Å². The Kier molecular flexibility index (Phi) is 5.61. The highest BCUT2D eigenvalue weighted by molar-refractivity contribution is 6.10. The fourth-order valence-corrected chi connectivity index (χ4v) is 5.53. The molecule has 5 aromatic rings. The normalized spacial score (nSPS) is 16.8. The van der Waals surface area contributed by atoms with Crippen molar-refractivity contribution in [2.24, 2.45) is 0 Å². The van der Waals surface area contributed by atoms with Gasteiger partial charge >= 0.3 is 0 Å². The molecule has 1 aliphatic rings. The summed E-state index contributed by atoms with van der Waals surface area (Å²) in [7, 11) is 0. The van der Waals surface area contributed by atoms with Crippen LogP contribution in [0.5, 0.6) is 0 Å². The number of halogens is 2. The van der Waals surface area contributed by atoms with Gasteiger partial charge in [0.15, 0.2) is 11.6 Å². The largest absolute Gasteiger partial charge is 0.357 e. The molecule has 4 nitrogen and oxygen atoms in total. The van der Waals surface area contributed by atoms with Crippen molar-refractivity contribution in [3.63, 3.8) is 0 Å². The van der Waals surface area contributed by atoms with Crippen molar-refractivity contribution in [3.8, 4) is 0 Å². The minimum Gasteiger partial charge on any atom is -0.357 e. The average molecular weight is 495 g/mol. The first-order valence-corrected chi connectivity index (χ1v) is 12.2. The van der Waals surface area contributed by atoms with Gasteiger partial charge in [0.1, 0.15) is 0 Å². The number of rotatable bonds is 6. The second-order valence-corrected chi connectivity index (χ2v) is 9.09. The molecule has 37 heavy (non-hydrogen) atoms. The Morgan fingerprint density at radius 1 is 0.838 bits per heavy atom.